The van der Waals surface area contributed by atoms with Gasteiger partial charge in [0.2, 0.25) is 0 Å². The average Bonchev–Trinajstić information content (AvgIpc) is 2.46. The molecule has 0 bridgehead atoms. The van der Waals surface area contributed by atoms with Gasteiger partial charge in [0.05, 0.1) is 13.2 Å². The van der Waals surface area contributed by atoms with Crippen LogP contribution in [0.2, 0.25) is 0 Å². The second-order valence-corrected chi connectivity index (χ2v) is 4.79. The Balaban J connectivity index is 2.10. The van der Waals surface area contributed by atoms with E-state index in [1.54, 1.807) is 0 Å². The molecule has 0 N–H and O–H groups in total. The van der Waals surface area contributed by atoms with Gasteiger partial charge < -0.3 is 4.74 Å². The van der Waals surface area contributed by atoms with Crippen LogP contribution in [0.5, 0.6) is 0 Å². The molecule has 0 aromatic carbocycles. The third-order valence-electron chi connectivity index (χ3n) is 2.55. The van der Waals surface area contributed by atoms with E-state index in [0.717, 1.165) is 13.2 Å². The first-order valence-corrected chi connectivity index (χ1v) is 4.43. The third-order valence-corrected chi connectivity index (χ3v) is 2.55. The van der Waals surface area contributed by atoms with Crippen molar-refractivity contribution >= 4 is 0 Å². The molecule has 1 saturated heterocycles. The molecule has 2 aliphatic rings. The molecular formula is C10H18O. The molecule has 1 aliphatic heterocycles. The van der Waals surface area contributed by atoms with Gasteiger partial charge in [-0.1, -0.05) is 20.8 Å². The van der Waals surface area contributed by atoms with Crippen LogP contribution in [0.15, 0.2) is 0 Å². The molecular weight excluding hydrogens is 136 g/mol. The zero-order valence-corrected chi connectivity index (χ0v) is 7.55. The monoisotopic (exact) mass is 156 g/mol. The van der Waals surface area contributed by atoms with Crippen LogP contribution >= 0.6 is 0 Å². The first kappa shape index (κ1) is 5.58. The van der Waals surface area contributed by atoms with Crippen LogP contribution in [0.3, 0.4) is 0 Å². The second-order valence-electron chi connectivity index (χ2n) is 4.79. The van der Waals surface area contributed by atoms with Crippen molar-refractivity contribution in [2.45, 2.75) is 27.1 Å². The summed E-state index contributed by atoms with van der Waals surface area (Å²) in [5, 5.41) is 0. The van der Waals surface area contributed by atoms with Gasteiger partial charge in [0, 0.05) is 2.74 Å². The number of fused-ring (bicyclic) bond motifs is 1. The van der Waals surface area contributed by atoms with Gasteiger partial charge in [0.15, 0.2) is 0 Å². The summed E-state index contributed by atoms with van der Waals surface area (Å²) >= 11 is 0. The van der Waals surface area contributed by atoms with E-state index >= 15 is 0 Å². The van der Waals surface area contributed by atoms with Gasteiger partial charge in [-0.05, 0) is 29.5 Å². The van der Waals surface area contributed by atoms with Crippen LogP contribution in [0.1, 0.15) is 29.9 Å². The van der Waals surface area contributed by atoms with E-state index in [-0.39, 0.29) is 11.3 Å². The summed E-state index contributed by atoms with van der Waals surface area (Å²) in [6, 6.07) is 0. The second kappa shape index (κ2) is 2.22. The summed E-state index contributed by atoms with van der Waals surface area (Å²) in [5.41, 5.74) is -0.248. The lowest BCUT2D eigenvalue weighted by molar-refractivity contribution is 0.141. The molecule has 0 aromatic heterocycles. The molecule has 1 nitrogen and oxygen atoms in total. The summed E-state index contributed by atoms with van der Waals surface area (Å²) in [6.07, 6.45) is -1.04. The van der Waals surface area contributed by atoms with Crippen molar-refractivity contribution in [1.82, 2.24) is 0 Å². The van der Waals surface area contributed by atoms with E-state index in [2.05, 4.69) is 0 Å². The van der Waals surface area contributed by atoms with E-state index < -0.39 is 6.37 Å². The fraction of sp³-hybridized carbons (Fsp3) is 1.00. The van der Waals surface area contributed by atoms with E-state index in [4.69, 9.17) is 7.48 Å². The van der Waals surface area contributed by atoms with Gasteiger partial charge >= 0.3 is 0 Å². The first-order chi connectivity index (χ1) is 5.86. The predicted octanol–water partition coefficient (Wildman–Crippen LogP) is 2.32. The Kier molecular flexibility index (Phi) is 1.13. The fourth-order valence-electron chi connectivity index (χ4n) is 1.95. The van der Waals surface area contributed by atoms with Crippen molar-refractivity contribution in [3.05, 3.63) is 0 Å². The highest BCUT2D eigenvalue weighted by Crippen LogP contribution is 2.55. The Morgan fingerprint density at radius 3 is 2.36 bits per heavy atom. The molecule has 0 aromatic rings. The number of rotatable bonds is 1. The van der Waals surface area contributed by atoms with Crippen molar-refractivity contribution in [1.29, 1.82) is 0 Å². The molecule has 0 radical (unpaired) electrons. The number of ether oxygens (including phenoxy) is 1. The molecule has 64 valence electrons. The molecule has 0 spiro atoms. The van der Waals surface area contributed by atoms with Crippen molar-refractivity contribution < 1.29 is 7.48 Å². The molecule has 11 heavy (non-hydrogen) atoms. The largest absolute Gasteiger partial charge is 0.381 e. The van der Waals surface area contributed by atoms with Crippen LogP contribution in [0.25, 0.3) is 0 Å². The molecule has 0 amide bonds. The Morgan fingerprint density at radius 2 is 1.91 bits per heavy atom. The predicted molar refractivity (Wildman–Crippen MR) is 45.4 cm³/mol. The molecule has 2 atom stereocenters. The molecule has 1 heteroatoms. The minimum absolute atomic E-state index is 0.248. The summed E-state index contributed by atoms with van der Waals surface area (Å²) in [4.78, 5) is 0. The molecule has 2 rings (SSSR count). The maximum atomic E-state index is 8.10. The lowest BCUT2D eigenvalue weighted by atomic mass is 9.88. The van der Waals surface area contributed by atoms with Gasteiger partial charge in [0.25, 0.3) is 0 Å². The molecule has 2 fully saturated rings. The summed E-state index contributed by atoms with van der Waals surface area (Å²) in [5.74, 6) is 1.27. The van der Waals surface area contributed by atoms with Crippen molar-refractivity contribution in [2.24, 2.45) is 23.2 Å². The van der Waals surface area contributed by atoms with E-state index in [0.29, 0.717) is 11.8 Å². The maximum Gasteiger partial charge on any atom is 0.0500 e. The quantitative estimate of drug-likeness (QED) is 0.566. The minimum atomic E-state index is -1.04. The topological polar surface area (TPSA) is 9.23 Å². The van der Waals surface area contributed by atoms with Gasteiger partial charge in [-0.3, -0.25) is 0 Å². The molecule has 1 heterocycles. The van der Waals surface area contributed by atoms with Crippen molar-refractivity contribution in [3.8, 4) is 0 Å². The van der Waals surface area contributed by atoms with E-state index in [1.165, 1.54) is 0 Å². The minimum Gasteiger partial charge on any atom is -0.381 e. The molecule has 1 aliphatic carbocycles. The van der Waals surface area contributed by atoms with E-state index in [9.17, 15) is 0 Å². The number of hydrogen-bond acceptors (Lipinski definition) is 1. The fourth-order valence-corrected chi connectivity index (χ4v) is 1.95. The Hall–Kier alpha value is -0.0400. The maximum absolute atomic E-state index is 8.10. The van der Waals surface area contributed by atoms with Crippen LogP contribution < -0.4 is 0 Å². The zero-order valence-electron chi connectivity index (χ0n) is 9.55. The van der Waals surface area contributed by atoms with Crippen LogP contribution in [0, 0.1) is 23.2 Å². The molecule has 1 saturated carbocycles. The summed E-state index contributed by atoms with van der Waals surface area (Å²) in [7, 11) is 0. The lowest BCUT2D eigenvalue weighted by Gasteiger charge is -2.18. The Morgan fingerprint density at radius 1 is 1.36 bits per heavy atom. The van der Waals surface area contributed by atoms with Crippen molar-refractivity contribution in [2.75, 3.05) is 13.2 Å². The summed E-state index contributed by atoms with van der Waals surface area (Å²) < 4.78 is 21.5. The highest BCUT2D eigenvalue weighted by molar-refractivity contribution is 5.01. The highest BCUT2D eigenvalue weighted by Gasteiger charge is 2.54. The highest BCUT2D eigenvalue weighted by atomic mass is 16.5. The normalized spacial score (nSPS) is 46.3. The summed E-state index contributed by atoms with van der Waals surface area (Å²) in [6.45, 7) is 7.53. The SMILES string of the molecule is [2H]C([2H])(C1C2COCC21)C(C)(C)C. The van der Waals surface area contributed by atoms with Gasteiger partial charge in [0.1, 0.15) is 0 Å². The average molecular weight is 156 g/mol. The lowest BCUT2D eigenvalue weighted by Crippen LogP contribution is -2.09. The van der Waals surface area contributed by atoms with Crippen LogP contribution in [-0.4, -0.2) is 13.2 Å². The standard InChI is InChI=1S/C10H18O/c1-10(2,3)4-7-8-5-11-6-9(7)8/h7-9H,4-6H2,1-3H3/i4D2. The van der Waals surface area contributed by atoms with Gasteiger partial charge in [-0.15, -0.1) is 0 Å². The number of hydrogen-bond donors (Lipinski definition) is 0. The molecule has 2 unspecified atom stereocenters. The Bertz CT molecular complexity index is 209. The third kappa shape index (κ3) is 1.44. The first-order valence-electron chi connectivity index (χ1n) is 5.43. The van der Waals surface area contributed by atoms with Crippen LogP contribution in [-0.2, 0) is 4.74 Å². The Labute approximate surface area is 71.9 Å². The van der Waals surface area contributed by atoms with Crippen molar-refractivity contribution in [3.63, 3.8) is 0 Å². The van der Waals surface area contributed by atoms with E-state index in [1.807, 2.05) is 20.8 Å². The smallest absolute Gasteiger partial charge is 0.0500 e. The zero-order chi connectivity index (χ0) is 9.85. The van der Waals surface area contributed by atoms with Gasteiger partial charge in [-0.2, -0.15) is 0 Å². The van der Waals surface area contributed by atoms with Gasteiger partial charge in [-0.25, -0.2) is 0 Å². The van der Waals surface area contributed by atoms with Crippen LogP contribution in [0.4, 0.5) is 0 Å².